The molecule has 0 saturated carbocycles. The second kappa shape index (κ2) is 13.7. The largest absolute Gasteiger partial charge is 0.461 e. The molecule has 0 spiro atoms. The highest BCUT2D eigenvalue weighted by Gasteiger charge is 2.33. The minimum atomic E-state index is -1.08. The molecule has 0 unspecified atom stereocenters. The van der Waals surface area contributed by atoms with E-state index in [9.17, 15) is 19.2 Å². The fourth-order valence-electron chi connectivity index (χ4n) is 3.55. The molecule has 38 heavy (non-hydrogen) atoms. The molecule has 1 N–H and O–H groups in total. The number of nitrogens with one attached hydrogen (secondary N) is 1. The Morgan fingerprint density at radius 2 is 1.26 bits per heavy atom. The highest BCUT2D eigenvalue weighted by molar-refractivity contribution is 5.92. The van der Waals surface area contributed by atoms with E-state index in [2.05, 4.69) is 5.32 Å². The van der Waals surface area contributed by atoms with Crippen molar-refractivity contribution in [2.45, 2.75) is 84.7 Å². The van der Waals surface area contributed by atoms with Crippen LogP contribution in [0.5, 0.6) is 0 Å². The molecule has 1 amide bonds. The Hall–Kier alpha value is -3.68. The maximum absolute atomic E-state index is 13.5. The summed E-state index contributed by atoms with van der Waals surface area (Å²) in [6.07, 6.45) is -1.21. The molecule has 0 aromatic heterocycles. The van der Waals surface area contributed by atoms with Crippen LogP contribution in [0, 0.1) is 5.92 Å². The summed E-state index contributed by atoms with van der Waals surface area (Å²) >= 11 is 0. The third-order valence-electron chi connectivity index (χ3n) is 5.21. The van der Waals surface area contributed by atoms with Gasteiger partial charge < -0.3 is 19.5 Å². The number of ether oxygens (including phenoxy) is 3. The lowest BCUT2D eigenvalue weighted by Crippen LogP contribution is -2.46. The molecule has 0 bridgehead atoms. The van der Waals surface area contributed by atoms with Gasteiger partial charge in [0.15, 0.2) is 5.78 Å². The lowest BCUT2D eigenvalue weighted by Gasteiger charge is -2.26. The summed E-state index contributed by atoms with van der Waals surface area (Å²) in [6, 6.07) is 17.4. The van der Waals surface area contributed by atoms with Gasteiger partial charge in [-0.15, -0.1) is 0 Å². The number of hydrogen-bond donors (Lipinski definition) is 1. The number of carbonyl (C=O) groups is 4. The maximum Gasteiger partial charge on any atom is 0.408 e. The summed E-state index contributed by atoms with van der Waals surface area (Å²) in [5.41, 5.74) is 0.0458. The summed E-state index contributed by atoms with van der Waals surface area (Å²) in [5.74, 6) is -2.81. The van der Waals surface area contributed by atoms with E-state index in [1.54, 1.807) is 41.5 Å². The first-order valence-electron chi connectivity index (χ1n) is 12.7. The Labute approximate surface area is 225 Å². The van der Waals surface area contributed by atoms with Gasteiger partial charge in [-0.1, -0.05) is 60.7 Å². The topological polar surface area (TPSA) is 108 Å². The summed E-state index contributed by atoms with van der Waals surface area (Å²) in [4.78, 5) is 51.6. The third kappa shape index (κ3) is 12.0. The van der Waals surface area contributed by atoms with E-state index in [-0.39, 0.29) is 25.9 Å². The minimum Gasteiger partial charge on any atom is -0.461 e. The van der Waals surface area contributed by atoms with Crippen LogP contribution in [0.1, 0.15) is 65.5 Å². The third-order valence-corrected chi connectivity index (χ3v) is 5.21. The zero-order valence-electron chi connectivity index (χ0n) is 23.1. The first-order valence-corrected chi connectivity index (χ1v) is 12.7. The van der Waals surface area contributed by atoms with Crippen LogP contribution >= 0.6 is 0 Å². The van der Waals surface area contributed by atoms with Gasteiger partial charge in [0, 0.05) is 6.42 Å². The van der Waals surface area contributed by atoms with Crippen molar-refractivity contribution in [1.29, 1.82) is 0 Å². The van der Waals surface area contributed by atoms with E-state index < -0.39 is 47.0 Å². The zero-order valence-corrected chi connectivity index (χ0v) is 23.1. The average molecular weight is 526 g/mol. The number of carbonyl (C=O) groups excluding carboxylic acids is 4. The molecule has 8 nitrogen and oxygen atoms in total. The molecule has 2 atom stereocenters. The van der Waals surface area contributed by atoms with Crippen molar-refractivity contribution >= 4 is 23.8 Å². The first kappa shape index (κ1) is 30.5. The number of Topliss-reactive ketones (excluding diaryl/α,β-unsaturated/α-hetero) is 1. The van der Waals surface area contributed by atoms with E-state index >= 15 is 0 Å². The van der Waals surface area contributed by atoms with Crippen LogP contribution < -0.4 is 5.32 Å². The summed E-state index contributed by atoms with van der Waals surface area (Å²) in [7, 11) is 0. The Morgan fingerprint density at radius 1 is 0.737 bits per heavy atom. The normalized spacial score (nSPS) is 13.1. The second-order valence-electron chi connectivity index (χ2n) is 11.1. The quantitative estimate of drug-likeness (QED) is 0.318. The predicted molar refractivity (Wildman–Crippen MR) is 143 cm³/mol. The number of ketones is 1. The van der Waals surface area contributed by atoms with Gasteiger partial charge in [0.25, 0.3) is 0 Å². The number of rotatable bonds is 11. The van der Waals surface area contributed by atoms with Gasteiger partial charge in [-0.05, 0) is 59.1 Å². The van der Waals surface area contributed by atoms with Gasteiger partial charge in [0.2, 0.25) is 0 Å². The van der Waals surface area contributed by atoms with Crippen molar-refractivity contribution in [3.63, 3.8) is 0 Å². The highest BCUT2D eigenvalue weighted by atomic mass is 16.6. The molecule has 2 aromatic carbocycles. The van der Waals surface area contributed by atoms with Crippen molar-refractivity contribution in [3.05, 3.63) is 71.8 Å². The van der Waals surface area contributed by atoms with Gasteiger partial charge in [0.05, 0.1) is 18.4 Å². The van der Waals surface area contributed by atoms with E-state index in [1.165, 1.54) is 0 Å². The van der Waals surface area contributed by atoms with Crippen molar-refractivity contribution in [2.75, 3.05) is 0 Å². The molecule has 0 fully saturated rings. The predicted octanol–water partition coefficient (Wildman–Crippen LogP) is 5.17. The number of benzene rings is 2. The Morgan fingerprint density at radius 3 is 1.79 bits per heavy atom. The van der Waals surface area contributed by atoms with E-state index in [0.29, 0.717) is 0 Å². The number of esters is 2. The molecule has 0 heterocycles. The molecular weight excluding hydrogens is 486 g/mol. The van der Waals surface area contributed by atoms with Crippen LogP contribution in [-0.4, -0.2) is 41.1 Å². The van der Waals surface area contributed by atoms with Crippen LogP contribution in [0.4, 0.5) is 4.79 Å². The Kier molecular flexibility index (Phi) is 11.0. The number of alkyl carbamates (subject to hydrolysis) is 1. The molecule has 0 aliphatic heterocycles. The van der Waals surface area contributed by atoms with Crippen molar-refractivity contribution in [2.24, 2.45) is 5.92 Å². The standard InChI is InChI=1S/C30H39NO7/c1-29(2,3)37-27(34)23(19-26(33)36-20-22-15-11-8-12-16-22)18-25(32)24(17-21-13-9-7-10-14-21)31-28(35)38-30(4,5)6/h7-16,23-24H,17-20H2,1-6H3,(H,31,35)/t23-,24-/m0/s1. The molecule has 0 radical (unpaired) electrons. The Balaban J connectivity index is 2.19. The molecule has 2 rings (SSSR count). The maximum atomic E-state index is 13.5. The molecule has 2 aromatic rings. The average Bonchev–Trinajstić information content (AvgIpc) is 2.81. The highest BCUT2D eigenvalue weighted by Crippen LogP contribution is 2.20. The number of hydrogen-bond acceptors (Lipinski definition) is 7. The summed E-state index contributed by atoms with van der Waals surface area (Å²) in [5, 5.41) is 2.64. The second-order valence-corrected chi connectivity index (χ2v) is 11.1. The Bertz CT molecular complexity index is 1070. The smallest absolute Gasteiger partial charge is 0.408 e. The SMILES string of the molecule is CC(C)(C)OC(=O)N[C@@H](Cc1ccccc1)C(=O)C[C@@H](CC(=O)OCc1ccccc1)C(=O)OC(C)(C)C. The van der Waals surface area contributed by atoms with Crippen LogP contribution in [0.15, 0.2) is 60.7 Å². The van der Waals surface area contributed by atoms with Crippen LogP contribution in [0.3, 0.4) is 0 Å². The van der Waals surface area contributed by atoms with E-state index in [1.807, 2.05) is 60.7 Å². The van der Waals surface area contributed by atoms with E-state index in [0.717, 1.165) is 11.1 Å². The van der Waals surface area contributed by atoms with Gasteiger partial charge >= 0.3 is 18.0 Å². The molecule has 0 saturated heterocycles. The zero-order chi connectivity index (χ0) is 28.3. The summed E-state index contributed by atoms with van der Waals surface area (Å²) in [6.45, 7) is 10.3. The molecule has 206 valence electrons. The van der Waals surface area contributed by atoms with Crippen LogP contribution in [0.25, 0.3) is 0 Å². The van der Waals surface area contributed by atoms with Crippen LogP contribution in [0.2, 0.25) is 0 Å². The van der Waals surface area contributed by atoms with E-state index in [4.69, 9.17) is 14.2 Å². The fourth-order valence-corrected chi connectivity index (χ4v) is 3.55. The monoisotopic (exact) mass is 525 g/mol. The van der Waals surface area contributed by atoms with Gasteiger partial charge in [-0.2, -0.15) is 0 Å². The lowest BCUT2D eigenvalue weighted by atomic mass is 9.92. The lowest BCUT2D eigenvalue weighted by molar-refractivity contribution is -0.165. The van der Waals surface area contributed by atoms with Crippen LogP contribution in [-0.2, 0) is 41.6 Å². The molecular formula is C30H39NO7. The first-order chi connectivity index (χ1) is 17.7. The summed E-state index contributed by atoms with van der Waals surface area (Å²) < 4.78 is 16.2. The molecule has 0 aliphatic rings. The molecule has 8 heteroatoms. The minimum absolute atomic E-state index is 0.0471. The van der Waals surface area contributed by atoms with Crippen molar-refractivity contribution < 1.29 is 33.4 Å². The van der Waals surface area contributed by atoms with Crippen molar-refractivity contribution in [3.8, 4) is 0 Å². The van der Waals surface area contributed by atoms with Gasteiger partial charge in [-0.3, -0.25) is 14.4 Å². The fraction of sp³-hybridized carbons (Fsp3) is 0.467. The number of amides is 1. The van der Waals surface area contributed by atoms with Gasteiger partial charge in [-0.25, -0.2) is 4.79 Å². The molecule has 0 aliphatic carbocycles. The van der Waals surface area contributed by atoms with Gasteiger partial charge in [0.1, 0.15) is 17.8 Å². The van der Waals surface area contributed by atoms with Crippen molar-refractivity contribution in [1.82, 2.24) is 5.32 Å².